The summed E-state index contributed by atoms with van der Waals surface area (Å²) in [5, 5.41) is 6.67. The van der Waals surface area contributed by atoms with Crippen molar-refractivity contribution in [3.63, 3.8) is 0 Å². The lowest BCUT2D eigenvalue weighted by atomic mass is 10.1. The number of anilines is 3. The van der Waals surface area contributed by atoms with E-state index in [1.165, 1.54) is 0 Å². The number of rotatable bonds is 7. The van der Waals surface area contributed by atoms with Gasteiger partial charge in [0, 0.05) is 23.9 Å². The maximum Gasteiger partial charge on any atom is 0.229 e. The van der Waals surface area contributed by atoms with Gasteiger partial charge in [0.15, 0.2) is 0 Å². The molecule has 2 aromatic carbocycles. The second-order valence-corrected chi connectivity index (χ2v) is 5.60. The van der Waals surface area contributed by atoms with Gasteiger partial charge in [0.05, 0.1) is 5.69 Å². The van der Waals surface area contributed by atoms with Crippen LogP contribution in [0.15, 0.2) is 66.7 Å². The molecule has 0 bridgehead atoms. The largest absolute Gasteiger partial charge is 0.370 e. The van der Waals surface area contributed by atoms with Gasteiger partial charge in [0.25, 0.3) is 0 Å². The van der Waals surface area contributed by atoms with Crippen molar-refractivity contribution in [3.8, 4) is 11.3 Å². The Balaban J connectivity index is 1.90. The van der Waals surface area contributed by atoms with E-state index >= 15 is 0 Å². The number of nitrogens with one attached hydrogen (secondary N) is 2. The predicted octanol–water partition coefficient (Wildman–Crippen LogP) is 5.10. The Morgan fingerprint density at radius 1 is 0.875 bits per heavy atom. The van der Waals surface area contributed by atoms with Gasteiger partial charge in [-0.15, -0.1) is 0 Å². The van der Waals surface area contributed by atoms with Crippen LogP contribution in [0.25, 0.3) is 11.3 Å². The summed E-state index contributed by atoms with van der Waals surface area (Å²) in [4.78, 5) is 9.26. The first kappa shape index (κ1) is 16.0. The molecular formula is C20H22N4. The first-order chi connectivity index (χ1) is 11.8. The Labute approximate surface area is 143 Å². The number of benzene rings is 2. The molecule has 0 atom stereocenters. The van der Waals surface area contributed by atoms with Crippen LogP contribution in [0.4, 0.5) is 17.5 Å². The number of nitrogens with zero attached hydrogens (tertiary/aromatic N) is 2. The Kier molecular flexibility index (Phi) is 5.40. The molecule has 0 saturated carbocycles. The van der Waals surface area contributed by atoms with Gasteiger partial charge in [-0.2, -0.15) is 4.98 Å². The van der Waals surface area contributed by atoms with Crippen LogP contribution in [0.2, 0.25) is 0 Å². The molecule has 1 heterocycles. The lowest BCUT2D eigenvalue weighted by Gasteiger charge is -2.11. The predicted molar refractivity (Wildman–Crippen MR) is 101 cm³/mol. The van der Waals surface area contributed by atoms with Crippen molar-refractivity contribution in [2.24, 2.45) is 0 Å². The summed E-state index contributed by atoms with van der Waals surface area (Å²) >= 11 is 0. The van der Waals surface area contributed by atoms with Crippen LogP contribution in [0.5, 0.6) is 0 Å². The minimum Gasteiger partial charge on any atom is -0.370 e. The Morgan fingerprint density at radius 2 is 1.58 bits per heavy atom. The first-order valence-electron chi connectivity index (χ1n) is 8.35. The molecule has 0 aliphatic rings. The van der Waals surface area contributed by atoms with Crippen LogP contribution in [-0.2, 0) is 0 Å². The highest BCUT2D eigenvalue weighted by Crippen LogP contribution is 2.23. The van der Waals surface area contributed by atoms with Crippen LogP contribution in [0.3, 0.4) is 0 Å². The fourth-order valence-corrected chi connectivity index (χ4v) is 2.39. The first-order valence-corrected chi connectivity index (χ1v) is 8.35. The maximum absolute atomic E-state index is 4.66. The standard InChI is InChI=1S/C20H22N4/c1-2-3-14-21-19-15-18(16-10-6-4-7-11-16)23-20(24-19)22-17-12-8-5-9-13-17/h4-13,15H,2-3,14H2,1H3,(H2,21,22,23,24). The van der Waals surface area contributed by atoms with Crippen molar-refractivity contribution >= 4 is 17.5 Å². The Bertz CT molecular complexity index is 757. The van der Waals surface area contributed by atoms with Gasteiger partial charge in [0.2, 0.25) is 5.95 Å². The van der Waals surface area contributed by atoms with Crippen LogP contribution < -0.4 is 10.6 Å². The van der Waals surface area contributed by atoms with Gasteiger partial charge in [-0.25, -0.2) is 4.98 Å². The summed E-state index contributed by atoms with van der Waals surface area (Å²) < 4.78 is 0. The van der Waals surface area contributed by atoms with E-state index in [0.717, 1.165) is 42.1 Å². The van der Waals surface area contributed by atoms with Crippen molar-refractivity contribution in [2.45, 2.75) is 19.8 Å². The minimum absolute atomic E-state index is 0.599. The fourth-order valence-electron chi connectivity index (χ4n) is 2.39. The van der Waals surface area contributed by atoms with E-state index in [1.54, 1.807) is 0 Å². The smallest absolute Gasteiger partial charge is 0.229 e. The van der Waals surface area contributed by atoms with Crippen LogP contribution in [-0.4, -0.2) is 16.5 Å². The topological polar surface area (TPSA) is 49.8 Å². The average molecular weight is 318 g/mol. The van der Waals surface area contributed by atoms with Crippen molar-refractivity contribution in [3.05, 3.63) is 66.7 Å². The van der Waals surface area contributed by atoms with Crippen LogP contribution in [0.1, 0.15) is 19.8 Å². The van der Waals surface area contributed by atoms with E-state index in [2.05, 4.69) is 39.7 Å². The number of hydrogen-bond donors (Lipinski definition) is 2. The fraction of sp³-hybridized carbons (Fsp3) is 0.200. The Hall–Kier alpha value is -2.88. The average Bonchev–Trinajstić information content (AvgIpc) is 2.63. The molecule has 4 nitrogen and oxygen atoms in total. The summed E-state index contributed by atoms with van der Waals surface area (Å²) in [5.41, 5.74) is 2.96. The normalized spacial score (nSPS) is 10.4. The Morgan fingerprint density at radius 3 is 2.29 bits per heavy atom. The zero-order valence-corrected chi connectivity index (χ0v) is 13.9. The van der Waals surface area contributed by atoms with Gasteiger partial charge in [-0.1, -0.05) is 61.9 Å². The van der Waals surface area contributed by atoms with E-state index in [4.69, 9.17) is 0 Å². The lowest BCUT2D eigenvalue weighted by molar-refractivity contribution is 0.830. The maximum atomic E-state index is 4.66. The van der Waals surface area contributed by atoms with Crippen molar-refractivity contribution in [1.82, 2.24) is 9.97 Å². The zero-order chi connectivity index (χ0) is 16.6. The van der Waals surface area contributed by atoms with Crippen molar-refractivity contribution < 1.29 is 0 Å². The van der Waals surface area contributed by atoms with Gasteiger partial charge < -0.3 is 10.6 Å². The molecule has 3 aromatic rings. The van der Waals surface area contributed by atoms with Gasteiger partial charge in [-0.05, 0) is 18.6 Å². The number of aromatic nitrogens is 2. The molecular weight excluding hydrogens is 296 g/mol. The van der Waals surface area contributed by atoms with Crippen LogP contribution >= 0.6 is 0 Å². The molecule has 122 valence electrons. The third-order valence-electron chi connectivity index (χ3n) is 3.66. The molecule has 4 heteroatoms. The summed E-state index contributed by atoms with van der Waals surface area (Å²) in [6.45, 7) is 3.09. The quantitative estimate of drug-likeness (QED) is 0.595. The van der Waals surface area contributed by atoms with E-state index in [9.17, 15) is 0 Å². The minimum atomic E-state index is 0.599. The molecule has 0 spiro atoms. The molecule has 0 fully saturated rings. The summed E-state index contributed by atoms with van der Waals surface area (Å²) in [6, 6.07) is 22.1. The van der Waals surface area contributed by atoms with Crippen molar-refractivity contribution in [2.75, 3.05) is 17.2 Å². The summed E-state index contributed by atoms with van der Waals surface area (Å²) in [7, 11) is 0. The highest BCUT2D eigenvalue weighted by atomic mass is 15.1. The molecule has 0 saturated heterocycles. The lowest BCUT2D eigenvalue weighted by Crippen LogP contribution is -2.06. The number of para-hydroxylation sites is 1. The van der Waals surface area contributed by atoms with E-state index in [1.807, 2.05) is 54.6 Å². The zero-order valence-electron chi connectivity index (χ0n) is 13.9. The monoisotopic (exact) mass is 318 g/mol. The number of unbranched alkanes of at least 4 members (excludes halogenated alkanes) is 1. The molecule has 0 radical (unpaired) electrons. The van der Waals surface area contributed by atoms with Gasteiger partial charge in [-0.3, -0.25) is 0 Å². The van der Waals surface area contributed by atoms with Crippen LogP contribution in [0, 0.1) is 0 Å². The third kappa shape index (κ3) is 4.32. The van der Waals surface area contributed by atoms with Gasteiger partial charge >= 0.3 is 0 Å². The van der Waals surface area contributed by atoms with E-state index in [0.29, 0.717) is 5.95 Å². The molecule has 0 aliphatic heterocycles. The molecule has 0 unspecified atom stereocenters. The number of hydrogen-bond acceptors (Lipinski definition) is 4. The summed E-state index contributed by atoms with van der Waals surface area (Å²) in [5.74, 6) is 1.44. The second kappa shape index (κ2) is 8.11. The molecule has 3 rings (SSSR count). The molecule has 0 aliphatic carbocycles. The highest BCUT2D eigenvalue weighted by Gasteiger charge is 2.07. The SMILES string of the molecule is CCCCNc1cc(-c2ccccc2)nc(Nc2ccccc2)n1. The van der Waals surface area contributed by atoms with E-state index in [-0.39, 0.29) is 0 Å². The second-order valence-electron chi connectivity index (χ2n) is 5.60. The van der Waals surface area contributed by atoms with Crippen molar-refractivity contribution in [1.29, 1.82) is 0 Å². The summed E-state index contributed by atoms with van der Waals surface area (Å²) in [6.07, 6.45) is 2.27. The molecule has 0 amide bonds. The van der Waals surface area contributed by atoms with Gasteiger partial charge in [0.1, 0.15) is 5.82 Å². The molecule has 1 aromatic heterocycles. The molecule has 2 N–H and O–H groups in total. The van der Waals surface area contributed by atoms with E-state index < -0.39 is 0 Å². The molecule has 24 heavy (non-hydrogen) atoms. The third-order valence-corrected chi connectivity index (χ3v) is 3.66. The highest BCUT2D eigenvalue weighted by molar-refractivity contribution is 5.66.